The average Bonchev–Trinajstić information content (AvgIpc) is 3.19. The number of carbonyl (C=O) groups excluding carboxylic acids is 3. The molecule has 3 rings (SSSR count). The van der Waals surface area contributed by atoms with Gasteiger partial charge in [-0.1, -0.05) is 12.1 Å². The van der Waals surface area contributed by atoms with E-state index < -0.39 is 18.2 Å². The molecule has 0 aliphatic carbocycles. The number of esters is 2. The van der Waals surface area contributed by atoms with Crippen molar-refractivity contribution in [1.82, 2.24) is 0 Å². The number of nitrogens with one attached hydrogen (secondary N) is 2. The fourth-order valence-corrected chi connectivity index (χ4v) is 3.40. The number of rotatable bonds is 9. The molecule has 4 N–H and O–H groups in total. The first-order chi connectivity index (χ1) is 15.8. The summed E-state index contributed by atoms with van der Waals surface area (Å²) in [5.74, 6) is -0.825. The molecule has 1 aliphatic rings. The summed E-state index contributed by atoms with van der Waals surface area (Å²) in [6, 6.07) is 12.0. The van der Waals surface area contributed by atoms with E-state index in [2.05, 4.69) is 5.32 Å². The summed E-state index contributed by atoms with van der Waals surface area (Å²) in [5.41, 5.74) is 8.72. The number of cyclic esters (lactones) is 1. The van der Waals surface area contributed by atoms with Crippen molar-refractivity contribution in [2.45, 2.75) is 18.9 Å². The number of hydrogen-bond donors (Lipinski definition) is 3. The van der Waals surface area contributed by atoms with Gasteiger partial charge in [0, 0.05) is 16.9 Å². The normalized spacial score (nSPS) is 15.0. The van der Waals surface area contributed by atoms with Crippen LogP contribution in [0.3, 0.4) is 0 Å². The zero-order valence-electron chi connectivity index (χ0n) is 18.4. The number of amidine groups is 1. The molecule has 0 aromatic heterocycles. The van der Waals surface area contributed by atoms with Crippen LogP contribution in [0.1, 0.15) is 16.7 Å². The van der Waals surface area contributed by atoms with Crippen molar-refractivity contribution >= 4 is 35.2 Å². The molecule has 10 nitrogen and oxygen atoms in total. The summed E-state index contributed by atoms with van der Waals surface area (Å²) >= 11 is 0. The lowest BCUT2D eigenvalue weighted by Crippen LogP contribution is -2.27. The highest BCUT2D eigenvalue weighted by molar-refractivity contribution is 5.96. The Morgan fingerprint density at radius 1 is 1.12 bits per heavy atom. The first-order valence-electron chi connectivity index (χ1n) is 10.2. The molecular formula is C23H26N4O6. The molecule has 10 heteroatoms. The lowest BCUT2D eigenvalue weighted by molar-refractivity contribution is -0.140. The maximum atomic E-state index is 12.4. The summed E-state index contributed by atoms with van der Waals surface area (Å²) in [7, 11) is 2.64. The number of anilines is 2. The quantitative estimate of drug-likeness (QED) is 0.225. The second kappa shape index (κ2) is 10.5. The van der Waals surface area contributed by atoms with E-state index in [4.69, 9.17) is 25.4 Å². The van der Waals surface area contributed by atoms with E-state index >= 15 is 0 Å². The molecule has 1 fully saturated rings. The minimum Gasteiger partial charge on any atom is -0.469 e. The van der Waals surface area contributed by atoms with Gasteiger partial charge in [0.2, 0.25) is 0 Å². The SMILES string of the molecule is COC(=O)Cc1ccc(CC(=O)OC)c(NCC2CN(c3ccc(C(=N)N)cc3)C(=O)O2)c1. The van der Waals surface area contributed by atoms with Crippen LogP contribution in [-0.2, 0) is 36.6 Å². The van der Waals surface area contributed by atoms with Crippen LogP contribution in [0.25, 0.3) is 0 Å². The fourth-order valence-electron chi connectivity index (χ4n) is 3.40. The van der Waals surface area contributed by atoms with Gasteiger partial charge in [-0.2, -0.15) is 0 Å². The molecule has 0 radical (unpaired) electrons. The second-order valence-electron chi connectivity index (χ2n) is 7.46. The number of nitrogen functional groups attached to an aromatic ring is 1. The van der Waals surface area contributed by atoms with E-state index in [9.17, 15) is 14.4 Å². The van der Waals surface area contributed by atoms with Crippen LogP contribution in [0.5, 0.6) is 0 Å². The van der Waals surface area contributed by atoms with Gasteiger partial charge >= 0.3 is 18.0 Å². The predicted molar refractivity (Wildman–Crippen MR) is 121 cm³/mol. The average molecular weight is 454 g/mol. The summed E-state index contributed by atoms with van der Waals surface area (Å²) < 4.78 is 15.0. The number of benzene rings is 2. The molecule has 0 spiro atoms. The number of nitrogens with zero attached hydrogens (tertiary/aromatic N) is 1. The van der Waals surface area contributed by atoms with E-state index in [-0.39, 0.29) is 24.6 Å². The van der Waals surface area contributed by atoms with Gasteiger partial charge < -0.3 is 25.3 Å². The summed E-state index contributed by atoms with van der Waals surface area (Å²) in [6.07, 6.45) is -0.783. The summed E-state index contributed by atoms with van der Waals surface area (Å²) in [6.45, 7) is 0.614. The van der Waals surface area contributed by atoms with Gasteiger partial charge in [-0.05, 0) is 41.5 Å². The first-order valence-corrected chi connectivity index (χ1v) is 10.2. The van der Waals surface area contributed by atoms with Gasteiger partial charge in [-0.15, -0.1) is 0 Å². The fraction of sp³-hybridized carbons (Fsp3) is 0.304. The largest absolute Gasteiger partial charge is 0.469 e. The molecular weight excluding hydrogens is 428 g/mol. The van der Waals surface area contributed by atoms with Crippen LogP contribution in [0.2, 0.25) is 0 Å². The third-order valence-electron chi connectivity index (χ3n) is 5.20. The molecule has 0 bridgehead atoms. The van der Waals surface area contributed by atoms with Crippen molar-refractivity contribution in [3.63, 3.8) is 0 Å². The van der Waals surface area contributed by atoms with Crippen molar-refractivity contribution < 1.29 is 28.6 Å². The highest BCUT2D eigenvalue weighted by atomic mass is 16.6. The number of methoxy groups -OCH3 is 2. The van der Waals surface area contributed by atoms with Crippen LogP contribution < -0.4 is 16.0 Å². The molecule has 1 amide bonds. The molecule has 2 aromatic rings. The molecule has 1 unspecified atom stereocenters. The van der Waals surface area contributed by atoms with Gasteiger partial charge in [0.15, 0.2) is 0 Å². The van der Waals surface area contributed by atoms with Crippen molar-refractivity contribution in [2.75, 3.05) is 37.5 Å². The van der Waals surface area contributed by atoms with Crippen molar-refractivity contribution in [3.8, 4) is 0 Å². The Morgan fingerprint density at radius 2 is 1.79 bits per heavy atom. The first kappa shape index (κ1) is 23.6. The minimum absolute atomic E-state index is 0.0511. The highest BCUT2D eigenvalue weighted by Crippen LogP contribution is 2.24. The standard InChI is InChI=1S/C23H26N4O6/c1-31-20(28)10-14-3-4-16(11-21(29)32-2)19(9-14)26-12-18-13-27(23(30)33-18)17-7-5-15(6-8-17)22(24)25/h3-9,18,26H,10-13H2,1-2H3,(H3,24,25). The van der Waals surface area contributed by atoms with Crippen molar-refractivity contribution in [3.05, 3.63) is 59.2 Å². The molecule has 1 saturated heterocycles. The van der Waals surface area contributed by atoms with E-state index in [0.717, 1.165) is 0 Å². The lowest BCUT2D eigenvalue weighted by atomic mass is 10.0. The Bertz CT molecular complexity index is 1050. The predicted octanol–water partition coefficient (Wildman–Crippen LogP) is 1.84. The Hall–Kier alpha value is -4.08. The molecule has 33 heavy (non-hydrogen) atoms. The van der Waals surface area contributed by atoms with Gasteiger partial charge in [-0.25, -0.2) is 4.79 Å². The van der Waals surface area contributed by atoms with Crippen LogP contribution in [0.15, 0.2) is 42.5 Å². The summed E-state index contributed by atoms with van der Waals surface area (Å²) in [4.78, 5) is 37.3. The molecule has 2 aromatic carbocycles. The van der Waals surface area contributed by atoms with E-state index in [1.54, 1.807) is 42.5 Å². The number of amides is 1. The number of carbonyl (C=O) groups is 3. The number of nitrogens with two attached hydrogens (primary N) is 1. The minimum atomic E-state index is -0.480. The zero-order valence-corrected chi connectivity index (χ0v) is 18.4. The zero-order chi connectivity index (χ0) is 24.0. The van der Waals surface area contributed by atoms with Crippen LogP contribution in [0.4, 0.5) is 16.2 Å². The Balaban J connectivity index is 1.70. The van der Waals surface area contributed by atoms with Gasteiger partial charge in [0.1, 0.15) is 11.9 Å². The topological polar surface area (TPSA) is 144 Å². The van der Waals surface area contributed by atoms with Crippen LogP contribution in [-0.4, -0.2) is 57.3 Å². The third-order valence-corrected chi connectivity index (χ3v) is 5.20. The Kier molecular flexibility index (Phi) is 7.50. The molecule has 1 heterocycles. The number of hydrogen-bond acceptors (Lipinski definition) is 8. The second-order valence-corrected chi connectivity index (χ2v) is 7.46. The number of ether oxygens (including phenoxy) is 3. The Morgan fingerprint density at radius 3 is 2.42 bits per heavy atom. The maximum absolute atomic E-state index is 12.4. The molecule has 1 atom stereocenters. The third kappa shape index (κ3) is 6.00. The smallest absolute Gasteiger partial charge is 0.414 e. The van der Waals surface area contributed by atoms with E-state index in [1.807, 2.05) is 0 Å². The maximum Gasteiger partial charge on any atom is 0.414 e. The van der Waals surface area contributed by atoms with E-state index in [1.165, 1.54) is 19.1 Å². The Labute approximate surface area is 191 Å². The van der Waals surface area contributed by atoms with Gasteiger partial charge in [0.25, 0.3) is 0 Å². The molecule has 1 aliphatic heterocycles. The van der Waals surface area contributed by atoms with Crippen molar-refractivity contribution in [1.29, 1.82) is 5.41 Å². The lowest BCUT2D eigenvalue weighted by Gasteiger charge is -2.16. The van der Waals surface area contributed by atoms with Crippen LogP contribution >= 0.6 is 0 Å². The van der Waals surface area contributed by atoms with Gasteiger partial charge in [-0.3, -0.25) is 19.9 Å². The van der Waals surface area contributed by atoms with E-state index in [0.29, 0.717) is 41.2 Å². The van der Waals surface area contributed by atoms with Crippen LogP contribution in [0, 0.1) is 5.41 Å². The highest BCUT2D eigenvalue weighted by Gasteiger charge is 2.32. The summed E-state index contributed by atoms with van der Waals surface area (Å²) in [5, 5.41) is 10.7. The monoisotopic (exact) mass is 454 g/mol. The van der Waals surface area contributed by atoms with Crippen molar-refractivity contribution in [2.24, 2.45) is 5.73 Å². The van der Waals surface area contributed by atoms with Gasteiger partial charge in [0.05, 0.1) is 40.2 Å². The molecule has 174 valence electrons. The molecule has 0 saturated carbocycles.